The summed E-state index contributed by atoms with van der Waals surface area (Å²) in [5, 5.41) is 0. The van der Waals surface area contributed by atoms with Crippen LogP contribution in [0.3, 0.4) is 0 Å². The molecule has 0 aromatic heterocycles. The van der Waals surface area contributed by atoms with Gasteiger partial charge in [-0.25, -0.2) is 4.39 Å². The molecular formula is C13H21FN2O2. The van der Waals surface area contributed by atoms with Crippen molar-refractivity contribution in [3.8, 4) is 11.5 Å². The van der Waals surface area contributed by atoms with Gasteiger partial charge in [0.15, 0.2) is 11.5 Å². The molecule has 0 spiro atoms. The maximum absolute atomic E-state index is 13.9. The van der Waals surface area contributed by atoms with Crippen LogP contribution < -0.4 is 20.9 Å². The van der Waals surface area contributed by atoms with Gasteiger partial charge in [0.05, 0.1) is 14.2 Å². The normalized spacial score (nSPS) is 12.3. The van der Waals surface area contributed by atoms with E-state index in [2.05, 4.69) is 0 Å². The second-order valence-corrected chi connectivity index (χ2v) is 4.12. The van der Waals surface area contributed by atoms with Crippen LogP contribution in [0.15, 0.2) is 12.1 Å². The zero-order valence-corrected chi connectivity index (χ0v) is 10.9. The van der Waals surface area contributed by atoms with Gasteiger partial charge in [0.1, 0.15) is 5.82 Å². The number of rotatable bonds is 7. The molecule has 0 aliphatic rings. The monoisotopic (exact) mass is 256 g/mol. The minimum Gasteiger partial charge on any atom is -0.493 e. The van der Waals surface area contributed by atoms with E-state index in [1.54, 1.807) is 6.07 Å². The van der Waals surface area contributed by atoms with Crippen molar-refractivity contribution < 1.29 is 13.9 Å². The molecule has 0 saturated carbocycles. The molecule has 0 unspecified atom stereocenters. The van der Waals surface area contributed by atoms with E-state index in [-0.39, 0.29) is 11.9 Å². The molecule has 1 atom stereocenters. The van der Waals surface area contributed by atoms with Crippen LogP contribution in [0, 0.1) is 5.82 Å². The number of hydrogen-bond acceptors (Lipinski definition) is 4. The van der Waals surface area contributed by atoms with Gasteiger partial charge in [-0.2, -0.15) is 0 Å². The average Bonchev–Trinajstić information content (AvgIpc) is 2.38. The molecule has 0 amide bonds. The molecular weight excluding hydrogens is 235 g/mol. The first-order valence-corrected chi connectivity index (χ1v) is 6.01. The number of nitrogens with two attached hydrogens (primary N) is 2. The number of halogens is 1. The summed E-state index contributed by atoms with van der Waals surface area (Å²) in [6, 6.07) is 2.55. The maximum Gasteiger partial charge on any atom is 0.163 e. The SMILES string of the molecule is COc1cc(F)c([C@H](N)CCCCN)cc1OC. The Balaban J connectivity index is 2.87. The van der Waals surface area contributed by atoms with Gasteiger partial charge in [-0.15, -0.1) is 0 Å². The highest BCUT2D eigenvalue weighted by molar-refractivity contribution is 5.44. The molecule has 0 saturated heterocycles. The summed E-state index contributed by atoms with van der Waals surface area (Å²) in [6.45, 7) is 0.626. The van der Waals surface area contributed by atoms with Crippen molar-refractivity contribution in [1.29, 1.82) is 0 Å². The summed E-state index contributed by atoms with van der Waals surface area (Å²) >= 11 is 0. The van der Waals surface area contributed by atoms with E-state index in [9.17, 15) is 4.39 Å². The Labute approximate surface area is 107 Å². The summed E-state index contributed by atoms with van der Waals surface area (Å²) in [5.41, 5.74) is 11.8. The molecule has 102 valence electrons. The highest BCUT2D eigenvalue weighted by atomic mass is 19.1. The van der Waals surface area contributed by atoms with Crippen LogP contribution in [0.4, 0.5) is 4.39 Å². The Kier molecular flexibility index (Phi) is 5.88. The van der Waals surface area contributed by atoms with Crippen LogP contribution in [-0.2, 0) is 0 Å². The first-order valence-electron chi connectivity index (χ1n) is 6.01. The number of unbranched alkanes of at least 4 members (excludes halogenated alkanes) is 1. The Morgan fingerprint density at radius 3 is 2.33 bits per heavy atom. The Hall–Kier alpha value is -1.33. The van der Waals surface area contributed by atoms with Crippen molar-refractivity contribution in [2.24, 2.45) is 11.5 Å². The van der Waals surface area contributed by atoms with Crippen molar-refractivity contribution in [3.05, 3.63) is 23.5 Å². The van der Waals surface area contributed by atoms with Crippen LogP contribution in [0.2, 0.25) is 0 Å². The van der Waals surface area contributed by atoms with E-state index in [4.69, 9.17) is 20.9 Å². The van der Waals surface area contributed by atoms with E-state index in [1.807, 2.05) is 0 Å². The Bertz CT molecular complexity index is 385. The first-order chi connectivity index (χ1) is 8.63. The standard InChI is InChI=1S/C13H21FN2O2/c1-17-12-7-9(10(14)8-13(12)18-2)11(16)5-3-4-6-15/h7-8,11H,3-6,15-16H2,1-2H3/t11-/m1/s1. The molecule has 5 heteroatoms. The molecule has 1 aromatic carbocycles. The minimum absolute atomic E-state index is 0.351. The van der Waals surface area contributed by atoms with Gasteiger partial charge in [-0.1, -0.05) is 6.42 Å². The number of benzene rings is 1. The van der Waals surface area contributed by atoms with Crippen LogP contribution >= 0.6 is 0 Å². The van der Waals surface area contributed by atoms with Gasteiger partial charge in [-0.3, -0.25) is 0 Å². The van der Waals surface area contributed by atoms with Crippen LogP contribution in [0.5, 0.6) is 11.5 Å². The van der Waals surface area contributed by atoms with Gasteiger partial charge in [-0.05, 0) is 25.5 Å². The molecule has 1 aromatic rings. The van der Waals surface area contributed by atoms with Gasteiger partial charge < -0.3 is 20.9 Å². The molecule has 0 heterocycles. The smallest absolute Gasteiger partial charge is 0.163 e. The van der Waals surface area contributed by atoms with E-state index >= 15 is 0 Å². The number of methoxy groups -OCH3 is 2. The summed E-state index contributed by atoms with van der Waals surface area (Å²) < 4.78 is 24.0. The fourth-order valence-electron chi connectivity index (χ4n) is 1.82. The lowest BCUT2D eigenvalue weighted by atomic mass is 10.0. The Morgan fingerprint density at radius 1 is 1.17 bits per heavy atom. The van der Waals surface area contributed by atoms with E-state index in [0.29, 0.717) is 30.0 Å². The summed E-state index contributed by atoms with van der Waals surface area (Å²) in [6.07, 6.45) is 2.47. The lowest BCUT2D eigenvalue weighted by Gasteiger charge is -2.16. The topological polar surface area (TPSA) is 70.5 Å². The van der Waals surface area contributed by atoms with Crippen molar-refractivity contribution in [3.63, 3.8) is 0 Å². The third kappa shape index (κ3) is 3.58. The maximum atomic E-state index is 13.9. The molecule has 0 aliphatic heterocycles. The van der Waals surface area contributed by atoms with Crippen LogP contribution in [0.25, 0.3) is 0 Å². The van der Waals surface area contributed by atoms with Crippen LogP contribution in [0.1, 0.15) is 30.9 Å². The molecule has 4 nitrogen and oxygen atoms in total. The molecule has 18 heavy (non-hydrogen) atoms. The van der Waals surface area contributed by atoms with Gasteiger partial charge in [0.2, 0.25) is 0 Å². The third-order valence-corrected chi connectivity index (χ3v) is 2.87. The van der Waals surface area contributed by atoms with E-state index in [0.717, 1.165) is 12.8 Å². The molecule has 1 rings (SSSR count). The fourth-order valence-corrected chi connectivity index (χ4v) is 1.82. The van der Waals surface area contributed by atoms with E-state index in [1.165, 1.54) is 20.3 Å². The molecule has 0 fully saturated rings. The largest absolute Gasteiger partial charge is 0.493 e. The highest BCUT2D eigenvalue weighted by Gasteiger charge is 2.16. The fraction of sp³-hybridized carbons (Fsp3) is 0.538. The van der Waals surface area contributed by atoms with Crippen molar-refractivity contribution >= 4 is 0 Å². The predicted molar refractivity (Wildman–Crippen MR) is 69.3 cm³/mol. The highest BCUT2D eigenvalue weighted by Crippen LogP contribution is 2.32. The van der Waals surface area contributed by atoms with E-state index < -0.39 is 0 Å². The molecule has 0 radical (unpaired) electrons. The minimum atomic E-state index is -0.368. The summed E-state index contributed by atoms with van der Waals surface area (Å²) in [7, 11) is 2.98. The van der Waals surface area contributed by atoms with Crippen molar-refractivity contribution in [2.45, 2.75) is 25.3 Å². The van der Waals surface area contributed by atoms with Crippen LogP contribution in [-0.4, -0.2) is 20.8 Å². The third-order valence-electron chi connectivity index (χ3n) is 2.87. The number of ether oxygens (including phenoxy) is 2. The average molecular weight is 256 g/mol. The molecule has 0 aliphatic carbocycles. The molecule has 4 N–H and O–H groups in total. The zero-order valence-electron chi connectivity index (χ0n) is 10.9. The molecule has 0 bridgehead atoms. The second-order valence-electron chi connectivity index (χ2n) is 4.12. The van der Waals surface area contributed by atoms with Gasteiger partial charge in [0, 0.05) is 17.7 Å². The first kappa shape index (κ1) is 14.7. The lowest BCUT2D eigenvalue weighted by molar-refractivity contribution is 0.350. The van der Waals surface area contributed by atoms with Crippen molar-refractivity contribution in [2.75, 3.05) is 20.8 Å². The number of hydrogen-bond donors (Lipinski definition) is 2. The second kappa shape index (κ2) is 7.18. The zero-order chi connectivity index (χ0) is 13.5. The summed E-state index contributed by atoms with van der Waals surface area (Å²) in [4.78, 5) is 0. The summed E-state index contributed by atoms with van der Waals surface area (Å²) in [5.74, 6) is 0.490. The lowest BCUT2D eigenvalue weighted by Crippen LogP contribution is -2.13. The van der Waals surface area contributed by atoms with Crippen molar-refractivity contribution in [1.82, 2.24) is 0 Å². The Morgan fingerprint density at radius 2 is 1.78 bits per heavy atom. The quantitative estimate of drug-likeness (QED) is 0.732. The van der Waals surface area contributed by atoms with Gasteiger partial charge in [0.25, 0.3) is 0 Å². The predicted octanol–water partition coefficient (Wildman–Crippen LogP) is 1.97. The van der Waals surface area contributed by atoms with Gasteiger partial charge >= 0.3 is 0 Å².